The van der Waals surface area contributed by atoms with Crippen LogP contribution in [0.5, 0.6) is 0 Å². The van der Waals surface area contributed by atoms with Crippen LogP contribution in [0.15, 0.2) is 29.9 Å². The van der Waals surface area contributed by atoms with Crippen molar-refractivity contribution in [1.29, 1.82) is 0 Å². The molecule has 0 radical (unpaired) electrons. The molecule has 4 nitrogen and oxygen atoms in total. The fraction of sp³-hybridized carbons (Fsp3) is 0.250. The summed E-state index contributed by atoms with van der Waals surface area (Å²) in [7, 11) is 0. The molecular formula is C12H11N3OS. The van der Waals surface area contributed by atoms with E-state index in [1.54, 1.807) is 17.8 Å². The first-order chi connectivity index (χ1) is 8.33. The summed E-state index contributed by atoms with van der Waals surface area (Å²) >= 11 is 1.47. The maximum Gasteiger partial charge on any atom is 0.270 e. The van der Waals surface area contributed by atoms with Crippen molar-refractivity contribution >= 4 is 17.2 Å². The number of carbonyl (C=O) groups is 1. The minimum Gasteiger partial charge on any atom is -0.348 e. The van der Waals surface area contributed by atoms with Crippen molar-refractivity contribution in [1.82, 2.24) is 15.3 Å². The Morgan fingerprint density at radius 3 is 3.06 bits per heavy atom. The molecule has 0 unspecified atom stereocenters. The highest BCUT2D eigenvalue weighted by molar-refractivity contribution is 7.13. The Morgan fingerprint density at radius 1 is 1.47 bits per heavy atom. The summed E-state index contributed by atoms with van der Waals surface area (Å²) in [6.45, 7) is 0. The Bertz CT molecular complexity index is 534. The Morgan fingerprint density at radius 2 is 2.35 bits per heavy atom. The molecule has 2 aromatic heterocycles. The highest BCUT2D eigenvalue weighted by atomic mass is 32.1. The molecular weight excluding hydrogens is 234 g/mol. The van der Waals surface area contributed by atoms with E-state index in [1.807, 2.05) is 12.1 Å². The summed E-state index contributed by atoms with van der Waals surface area (Å²) in [4.78, 5) is 20.1. The van der Waals surface area contributed by atoms with Crippen molar-refractivity contribution in [3.05, 3.63) is 35.6 Å². The number of hydrogen-bond donors (Lipinski definition) is 1. The predicted molar refractivity (Wildman–Crippen MR) is 65.8 cm³/mol. The summed E-state index contributed by atoms with van der Waals surface area (Å²) in [5.41, 5.74) is 1.45. The van der Waals surface area contributed by atoms with Gasteiger partial charge in [-0.1, -0.05) is 0 Å². The molecule has 1 aliphatic carbocycles. The largest absolute Gasteiger partial charge is 0.348 e. The summed E-state index contributed by atoms with van der Waals surface area (Å²) < 4.78 is 0. The van der Waals surface area contributed by atoms with Crippen molar-refractivity contribution in [2.45, 2.75) is 18.9 Å². The number of carbonyl (C=O) groups excluding carboxylic acids is 1. The second kappa shape index (κ2) is 4.25. The summed E-state index contributed by atoms with van der Waals surface area (Å²) in [5.74, 6) is -0.0705. The summed E-state index contributed by atoms with van der Waals surface area (Å²) in [6.07, 6.45) is 5.65. The average molecular weight is 245 g/mol. The molecule has 2 heterocycles. The molecule has 3 rings (SSSR count). The Hall–Kier alpha value is -1.75. The number of amides is 1. The lowest BCUT2D eigenvalue weighted by atomic mass is 10.3. The number of nitrogens with one attached hydrogen (secondary N) is 1. The van der Waals surface area contributed by atoms with E-state index in [-0.39, 0.29) is 5.91 Å². The van der Waals surface area contributed by atoms with Gasteiger partial charge in [-0.25, -0.2) is 4.98 Å². The van der Waals surface area contributed by atoms with Crippen LogP contribution in [0, 0.1) is 0 Å². The number of hydrogen-bond acceptors (Lipinski definition) is 4. The zero-order chi connectivity index (χ0) is 11.7. The fourth-order valence-electron chi connectivity index (χ4n) is 1.49. The second-order valence-electron chi connectivity index (χ2n) is 4.03. The lowest BCUT2D eigenvalue weighted by Gasteiger charge is -1.98. The van der Waals surface area contributed by atoms with Crippen LogP contribution in [0.1, 0.15) is 23.3 Å². The molecule has 17 heavy (non-hydrogen) atoms. The van der Waals surface area contributed by atoms with Crippen LogP contribution in [-0.2, 0) is 0 Å². The number of rotatable bonds is 3. The van der Waals surface area contributed by atoms with Gasteiger partial charge in [0.05, 0.1) is 0 Å². The van der Waals surface area contributed by atoms with Crippen LogP contribution in [0.2, 0.25) is 0 Å². The van der Waals surface area contributed by atoms with Crippen molar-refractivity contribution in [3.8, 4) is 10.6 Å². The van der Waals surface area contributed by atoms with Crippen LogP contribution in [0.4, 0.5) is 0 Å². The second-order valence-corrected chi connectivity index (χ2v) is 4.89. The normalized spacial score (nSPS) is 14.6. The first-order valence-electron chi connectivity index (χ1n) is 5.50. The zero-order valence-electron chi connectivity index (χ0n) is 9.09. The molecule has 0 atom stereocenters. The molecule has 0 aromatic carbocycles. The number of nitrogens with zero attached hydrogens (tertiary/aromatic N) is 2. The van der Waals surface area contributed by atoms with Crippen LogP contribution >= 0.6 is 11.3 Å². The van der Waals surface area contributed by atoms with Crippen molar-refractivity contribution in [3.63, 3.8) is 0 Å². The van der Waals surface area contributed by atoms with E-state index < -0.39 is 0 Å². The van der Waals surface area contributed by atoms with Gasteiger partial charge in [0.25, 0.3) is 5.91 Å². The molecule has 1 saturated carbocycles. The van der Waals surface area contributed by atoms with E-state index in [0.717, 1.165) is 23.4 Å². The quantitative estimate of drug-likeness (QED) is 0.901. The molecule has 86 valence electrons. The molecule has 5 heteroatoms. The molecule has 1 fully saturated rings. The molecule has 0 saturated heterocycles. The van der Waals surface area contributed by atoms with Gasteiger partial charge in [-0.2, -0.15) is 0 Å². The van der Waals surface area contributed by atoms with Crippen LogP contribution < -0.4 is 5.32 Å². The third kappa shape index (κ3) is 2.34. The number of thiazole rings is 1. The van der Waals surface area contributed by atoms with E-state index in [4.69, 9.17) is 0 Å². The van der Waals surface area contributed by atoms with Gasteiger partial charge < -0.3 is 5.32 Å². The maximum atomic E-state index is 11.8. The van der Waals surface area contributed by atoms with Gasteiger partial charge in [0.2, 0.25) is 0 Å². The lowest BCUT2D eigenvalue weighted by molar-refractivity contribution is 0.0947. The first-order valence-corrected chi connectivity index (χ1v) is 6.38. The van der Waals surface area contributed by atoms with E-state index in [1.165, 1.54) is 11.3 Å². The fourth-order valence-corrected chi connectivity index (χ4v) is 2.28. The highest BCUT2D eigenvalue weighted by Gasteiger charge is 2.24. The molecule has 0 aliphatic heterocycles. The Kier molecular flexibility index (Phi) is 2.60. The minimum absolute atomic E-state index is 0.0705. The van der Waals surface area contributed by atoms with E-state index in [2.05, 4.69) is 15.3 Å². The topological polar surface area (TPSA) is 54.9 Å². The zero-order valence-corrected chi connectivity index (χ0v) is 9.91. The summed E-state index contributed by atoms with van der Waals surface area (Å²) in [6, 6.07) is 4.17. The van der Waals surface area contributed by atoms with Gasteiger partial charge in [-0.3, -0.25) is 9.78 Å². The molecule has 1 N–H and O–H groups in total. The van der Waals surface area contributed by atoms with Crippen molar-refractivity contribution < 1.29 is 4.79 Å². The third-order valence-electron chi connectivity index (χ3n) is 2.56. The van der Waals surface area contributed by atoms with Crippen LogP contribution in [0.3, 0.4) is 0 Å². The van der Waals surface area contributed by atoms with Gasteiger partial charge in [0.1, 0.15) is 10.7 Å². The van der Waals surface area contributed by atoms with Gasteiger partial charge >= 0.3 is 0 Å². The van der Waals surface area contributed by atoms with Crippen molar-refractivity contribution in [2.24, 2.45) is 0 Å². The standard InChI is InChI=1S/C12H11N3OS/c16-11(14-9-3-4-9)10-7-17-12(15-10)8-2-1-5-13-6-8/h1-2,5-7,9H,3-4H2,(H,14,16). The number of aromatic nitrogens is 2. The SMILES string of the molecule is O=C(NC1CC1)c1csc(-c2cccnc2)n1. The predicted octanol–water partition coefficient (Wildman–Crippen LogP) is 2.10. The maximum absolute atomic E-state index is 11.8. The van der Waals surface area contributed by atoms with Gasteiger partial charge in [0, 0.05) is 29.4 Å². The molecule has 1 aliphatic rings. The highest BCUT2D eigenvalue weighted by Crippen LogP contribution is 2.24. The van der Waals surface area contributed by atoms with E-state index in [9.17, 15) is 4.79 Å². The molecule has 2 aromatic rings. The smallest absolute Gasteiger partial charge is 0.270 e. The van der Waals surface area contributed by atoms with Gasteiger partial charge in [0.15, 0.2) is 0 Å². The summed E-state index contributed by atoms with van der Waals surface area (Å²) in [5, 5.41) is 5.55. The average Bonchev–Trinajstić information content (AvgIpc) is 3.04. The van der Waals surface area contributed by atoms with Gasteiger partial charge in [-0.15, -0.1) is 11.3 Å². The minimum atomic E-state index is -0.0705. The Balaban J connectivity index is 1.80. The molecule has 1 amide bonds. The van der Waals surface area contributed by atoms with Crippen LogP contribution in [0.25, 0.3) is 10.6 Å². The van der Waals surface area contributed by atoms with Crippen LogP contribution in [-0.4, -0.2) is 21.9 Å². The van der Waals surface area contributed by atoms with E-state index >= 15 is 0 Å². The third-order valence-corrected chi connectivity index (χ3v) is 3.45. The number of pyridine rings is 1. The monoisotopic (exact) mass is 245 g/mol. The molecule has 0 bridgehead atoms. The lowest BCUT2D eigenvalue weighted by Crippen LogP contribution is -2.25. The van der Waals surface area contributed by atoms with Crippen molar-refractivity contribution in [2.75, 3.05) is 0 Å². The van der Waals surface area contributed by atoms with E-state index in [0.29, 0.717) is 11.7 Å². The molecule has 0 spiro atoms. The first kappa shape index (κ1) is 10.4. The van der Waals surface area contributed by atoms with Gasteiger partial charge in [-0.05, 0) is 25.0 Å². The Labute approximate surface area is 103 Å².